The lowest BCUT2D eigenvalue weighted by Crippen LogP contribution is -2.45. The molecule has 0 saturated heterocycles. The van der Waals surface area contributed by atoms with Crippen LogP contribution < -0.4 is 5.73 Å². The van der Waals surface area contributed by atoms with Gasteiger partial charge in [-0.15, -0.1) is 0 Å². The Balaban J connectivity index is 1.74. The highest BCUT2D eigenvalue weighted by Gasteiger charge is 2.37. The Hall–Kier alpha value is -4.01. The molecule has 1 heterocycles. The van der Waals surface area contributed by atoms with E-state index in [0.717, 1.165) is 5.56 Å². The van der Waals surface area contributed by atoms with Crippen molar-refractivity contribution in [1.82, 2.24) is 9.80 Å². The average Bonchev–Trinajstić information content (AvgIpc) is 3.18. The summed E-state index contributed by atoms with van der Waals surface area (Å²) in [5.41, 5.74) is 7.96. The third kappa shape index (κ3) is 7.14. The summed E-state index contributed by atoms with van der Waals surface area (Å²) in [6.45, 7) is 11.6. The van der Waals surface area contributed by atoms with E-state index in [9.17, 15) is 24.0 Å². The molecule has 0 bridgehead atoms. The lowest BCUT2D eigenvalue weighted by atomic mass is 9.86. The van der Waals surface area contributed by atoms with Crippen LogP contribution >= 0.6 is 0 Å². The molecule has 0 radical (unpaired) electrons. The second-order valence-electron chi connectivity index (χ2n) is 12.2. The van der Waals surface area contributed by atoms with Crippen molar-refractivity contribution in [2.24, 2.45) is 5.73 Å². The van der Waals surface area contributed by atoms with E-state index in [0.29, 0.717) is 22.3 Å². The third-order valence-electron chi connectivity index (χ3n) is 6.80. The first-order valence-corrected chi connectivity index (χ1v) is 13.3. The summed E-state index contributed by atoms with van der Waals surface area (Å²) >= 11 is 0. The minimum atomic E-state index is -1.00. The Bertz CT molecular complexity index is 1320. The number of carbonyl (C=O) groups excluding carboxylic acids is 5. The predicted octanol–water partition coefficient (Wildman–Crippen LogP) is 3.76. The Labute approximate surface area is 235 Å². The molecule has 9 heteroatoms. The van der Waals surface area contributed by atoms with E-state index >= 15 is 0 Å². The minimum Gasteiger partial charge on any atom is -0.460 e. The number of primary amides is 1. The topological polar surface area (TPSA) is 127 Å². The molecule has 0 spiro atoms. The minimum absolute atomic E-state index is 0.0280. The number of likely N-dealkylation sites (N-methyl/N-ethyl adjacent to an activating group) is 1. The van der Waals surface area contributed by atoms with Crippen LogP contribution in [0.2, 0.25) is 0 Å². The van der Waals surface area contributed by atoms with Crippen LogP contribution in [-0.4, -0.2) is 58.0 Å². The van der Waals surface area contributed by atoms with Gasteiger partial charge in [0.15, 0.2) is 0 Å². The van der Waals surface area contributed by atoms with Crippen molar-refractivity contribution in [3.8, 4) is 0 Å². The third-order valence-corrected chi connectivity index (χ3v) is 6.80. The van der Waals surface area contributed by atoms with Crippen molar-refractivity contribution >= 4 is 29.5 Å². The number of rotatable bonds is 9. The number of ether oxygens (including phenoxy) is 1. The smallest absolute Gasteiger partial charge is 0.306 e. The van der Waals surface area contributed by atoms with Crippen molar-refractivity contribution in [1.29, 1.82) is 0 Å². The van der Waals surface area contributed by atoms with Crippen molar-refractivity contribution in [3.05, 3.63) is 70.3 Å². The van der Waals surface area contributed by atoms with E-state index < -0.39 is 35.2 Å². The van der Waals surface area contributed by atoms with Gasteiger partial charge >= 0.3 is 5.97 Å². The van der Waals surface area contributed by atoms with Crippen molar-refractivity contribution in [3.63, 3.8) is 0 Å². The van der Waals surface area contributed by atoms with Crippen LogP contribution in [0.15, 0.2) is 42.5 Å². The SMILES string of the molecule is CN(Cc1cccc2c1CN(C(CCC(=O)OC(C)(C)C)C(N)=O)C2=O)C(=O)C(=O)c1ccc(C(C)(C)C)cc1. The van der Waals surface area contributed by atoms with Gasteiger partial charge in [0.1, 0.15) is 11.6 Å². The van der Waals surface area contributed by atoms with Gasteiger partial charge in [-0.2, -0.15) is 0 Å². The normalized spacial score (nSPS) is 14.0. The first-order chi connectivity index (χ1) is 18.5. The molecule has 0 fully saturated rings. The molecule has 1 atom stereocenters. The summed E-state index contributed by atoms with van der Waals surface area (Å²) in [4.78, 5) is 66.3. The fourth-order valence-electron chi connectivity index (χ4n) is 4.66. The number of nitrogens with two attached hydrogens (primary N) is 1. The molecule has 0 aromatic heterocycles. The number of amides is 3. The number of ketones is 1. The van der Waals surface area contributed by atoms with Gasteiger partial charge in [0.2, 0.25) is 11.7 Å². The van der Waals surface area contributed by atoms with Crippen LogP contribution in [0.5, 0.6) is 0 Å². The molecular weight excluding hydrogens is 510 g/mol. The second kappa shape index (κ2) is 11.6. The van der Waals surface area contributed by atoms with Crippen LogP contribution in [0, 0.1) is 0 Å². The largest absolute Gasteiger partial charge is 0.460 e. The van der Waals surface area contributed by atoms with Gasteiger partial charge < -0.3 is 20.3 Å². The van der Waals surface area contributed by atoms with E-state index in [4.69, 9.17) is 10.5 Å². The molecule has 3 amide bonds. The molecule has 9 nitrogen and oxygen atoms in total. The molecule has 0 saturated carbocycles. The highest BCUT2D eigenvalue weighted by Crippen LogP contribution is 2.30. The first-order valence-electron chi connectivity index (χ1n) is 13.3. The zero-order valence-corrected chi connectivity index (χ0v) is 24.4. The zero-order valence-electron chi connectivity index (χ0n) is 24.4. The Morgan fingerprint density at radius 1 is 1.00 bits per heavy atom. The monoisotopic (exact) mass is 549 g/mol. The van der Waals surface area contributed by atoms with E-state index in [-0.39, 0.29) is 37.3 Å². The summed E-state index contributed by atoms with van der Waals surface area (Å²) in [6.07, 6.45) is -0.0475. The Morgan fingerprint density at radius 3 is 2.17 bits per heavy atom. The number of benzene rings is 2. The maximum absolute atomic E-state index is 13.2. The molecule has 0 aliphatic carbocycles. The van der Waals surface area contributed by atoms with Gasteiger partial charge in [-0.1, -0.05) is 57.2 Å². The lowest BCUT2D eigenvalue weighted by Gasteiger charge is -2.26. The van der Waals surface area contributed by atoms with Crippen molar-refractivity contribution < 1.29 is 28.7 Å². The maximum atomic E-state index is 13.2. The Morgan fingerprint density at radius 2 is 1.62 bits per heavy atom. The second-order valence-corrected chi connectivity index (χ2v) is 12.2. The fraction of sp³-hybridized carbons (Fsp3) is 0.452. The highest BCUT2D eigenvalue weighted by molar-refractivity contribution is 6.42. The number of fused-ring (bicyclic) bond motifs is 1. The summed E-state index contributed by atoms with van der Waals surface area (Å²) in [5.74, 6) is -2.88. The number of hydrogen-bond donors (Lipinski definition) is 1. The lowest BCUT2D eigenvalue weighted by molar-refractivity contribution is -0.155. The fourth-order valence-corrected chi connectivity index (χ4v) is 4.66. The molecule has 2 N–H and O–H groups in total. The van der Waals surface area contributed by atoms with Crippen LogP contribution in [-0.2, 0) is 37.6 Å². The molecule has 2 aromatic carbocycles. The van der Waals surface area contributed by atoms with Crippen LogP contribution in [0.4, 0.5) is 0 Å². The standard InChI is InChI=1S/C31H39N3O6/c1-30(2,3)21-13-11-19(12-14-21)26(36)29(39)33(7)17-20-9-8-10-22-23(20)18-34(28(22)38)24(27(32)37)15-16-25(35)40-31(4,5)6/h8-14,24H,15-18H2,1-7H3,(H2,32,37). The number of Topliss-reactive ketones (excluding diaryl/α,β-unsaturated/α-hetero) is 1. The number of nitrogens with zero attached hydrogens (tertiary/aromatic N) is 2. The van der Waals surface area contributed by atoms with E-state index in [1.807, 2.05) is 12.1 Å². The molecule has 1 unspecified atom stereocenters. The number of carbonyl (C=O) groups is 5. The quantitative estimate of drug-likeness (QED) is 0.288. The van der Waals surface area contributed by atoms with Gasteiger partial charge in [-0.05, 0) is 55.4 Å². The molecule has 40 heavy (non-hydrogen) atoms. The molecule has 1 aliphatic rings. The van der Waals surface area contributed by atoms with Crippen LogP contribution in [0.3, 0.4) is 0 Å². The summed E-state index contributed by atoms with van der Waals surface area (Å²) < 4.78 is 5.32. The highest BCUT2D eigenvalue weighted by atomic mass is 16.6. The van der Waals surface area contributed by atoms with E-state index in [2.05, 4.69) is 20.8 Å². The molecular formula is C31H39N3O6. The van der Waals surface area contributed by atoms with Gasteiger partial charge in [0.25, 0.3) is 11.8 Å². The molecule has 2 aromatic rings. The zero-order chi connectivity index (χ0) is 30.0. The van der Waals surface area contributed by atoms with Gasteiger partial charge in [-0.3, -0.25) is 24.0 Å². The predicted molar refractivity (Wildman–Crippen MR) is 150 cm³/mol. The maximum Gasteiger partial charge on any atom is 0.306 e. The summed E-state index contributed by atoms with van der Waals surface area (Å²) in [5, 5.41) is 0. The van der Waals surface area contributed by atoms with Crippen LogP contribution in [0.1, 0.15) is 91.8 Å². The van der Waals surface area contributed by atoms with E-state index in [1.165, 1.54) is 16.8 Å². The Kier molecular flexibility index (Phi) is 8.87. The van der Waals surface area contributed by atoms with Crippen LogP contribution in [0.25, 0.3) is 0 Å². The number of esters is 1. The van der Waals surface area contributed by atoms with E-state index in [1.54, 1.807) is 51.1 Å². The average molecular weight is 550 g/mol. The van der Waals surface area contributed by atoms with Gasteiger partial charge in [0, 0.05) is 37.7 Å². The van der Waals surface area contributed by atoms with Crippen molar-refractivity contribution in [2.75, 3.05) is 7.05 Å². The van der Waals surface area contributed by atoms with Crippen molar-refractivity contribution in [2.45, 2.75) is 84.5 Å². The molecule has 1 aliphatic heterocycles. The van der Waals surface area contributed by atoms with Gasteiger partial charge in [-0.25, -0.2) is 0 Å². The first kappa shape index (κ1) is 30.5. The molecule has 3 rings (SSSR count). The molecule has 214 valence electrons. The summed E-state index contributed by atoms with van der Waals surface area (Å²) in [6, 6.07) is 11.1. The van der Waals surface area contributed by atoms with Gasteiger partial charge in [0.05, 0.1) is 0 Å². The summed E-state index contributed by atoms with van der Waals surface area (Å²) in [7, 11) is 1.53. The number of hydrogen-bond acceptors (Lipinski definition) is 6.